The zero-order valence-electron chi connectivity index (χ0n) is 20.8. The third-order valence-corrected chi connectivity index (χ3v) is 7.46. The number of nitro groups is 1. The highest BCUT2D eigenvalue weighted by molar-refractivity contribution is 6.01. The lowest BCUT2D eigenvalue weighted by Gasteiger charge is -2.38. The number of hydrogen-bond donors (Lipinski definition) is 2. The zero-order valence-corrected chi connectivity index (χ0v) is 20.8. The van der Waals surface area contributed by atoms with Crippen LogP contribution in [-0.2, 0) is 9.59 Å². The molecule has 0 aromatic heterocycles. The Bertz CT molecular complexity index is 1230. The molecular weight excluding hydrogens is 456 g/mol. The number of fused-ring (bicyclic) bond motifs is 1. The normalized spacial score (nSPS) is 21.3. The van der Waals surface area contributed by atoms with Crippen LogP contribution in [0, 0.1) is 15.5 Å². The minimum atomic E-state index is -0.546. The van der Waals surface area contributed by atoms with Gasteiger partial charge < -0.3 is 15.5 Å². The minimum absolute atomic E-state index is 0.0123. The van der Waals surface area contributed by atoms with Crippen LogP contribution >= 0.6 is 0 Å². The van der Waals surface area contributed by atoms with E-state index in [1.54, 1.807) is 12.1 Å². The van der Waals surface area contributed by atoms with E-state index in [0.717, 1.165) is 48.3 Å². The second-order valence-corrected chi connectivity index (χ2v) is 10.9. The first kappa shape index (κ1) is 24.0. The summed E-state index contributed by atoms with van der Waals surface area (Å²) in [5.74, 6) is -0.0534. The summed E-state index contributed by atoms with van der Waals surface area (Å²) in [6, 6.07) is 13.8. The Morgan fingerprint density at radius 1 is 1.11 bits per heavy atom. The van der Waals surface area contributed by atoms with Gasteiger partial charge in [0.2, 0.25) is 5.91 Å². The number of Topliss-reactive ketones (excluding diaryl/α,β-unsaturated/α-hetero) is 1. The van der Waals surface area contributed by atoms with E-state index in [9.17, 15) is 19.7 Å². The van der Waals surface area contributed by atoms with Gasteiger partial charge in [-0.15, -0.1) is 0 Å². The van der Waals surface area contributed by atoms with E-state index in [2.05, 4.69) is 24.5 Å². The number of carbonyl (C=O) groups excluding carboxylic acids is 2. The van der Waals surface area contributed by atoms with Crippen molar-refractivity contribution in [2.75, 3.05) is 16.8 Å². The van der Waals surface area contributed by atoms with Crippen molar-refractivity contribution in [3.63, 3.8) is 0 Å². The molecule has 1 heterocycles. The van der Waals surface area contributed by atoms with Crippen molar-refractivity contribution in [2.24, 2.45) is 5.41 Å². The fourth-order valence-corrected chi connectivity index (χ4v) is 5.85. The van der Waals surface area contributed by atoms with Gasteiger partial charge in [0.1, 0.15) is 0 Å². The zero-order chi connectivity index (χ0) is 25.4. The van der Waals surface area contributed by atoms with Crippen LogP contribution in [-0.4, -0.2) is 29.2 Å². The highest BCUT2D eigenvalue weighted by Crippen LogP contribution is 2.48. The molecule has 36 heavy (non-hydrogen) atoms. The number of nitrogens with zero attached hydrogens (tertiary/aromatic N) is 2. The molecule has 5 rings (SSSR count). The summed E-state index contributed by atoms with van der Waals surface area (Å²) in [7, 11) is 0. The summed E-state index contributed by atoms with van der Waals surface area (Å²) in [6.45, 7) is 4.24. The van der Waals surface area contributed by atoms with Crippen LogP contribution in [0.5, 0.6) is 0 Å². The van der Waals surface area contributed by atoms with Crippen molar-refractivity contribution in [1.82, 2.24) is 5.32 Å². The molecule has 0 spiro atoms. The molecule has 2 aromatic carbocycles. The molecule has 1 fully saturated rings. The summed E-state index contributed by atoms with van der Waals surface area (Å²) < 4.78 is 0. The number of benzene rings is 2. The molecule has 3 aliphatic rings. The summed E-state index contributed by atoms with van der Waals surface area (Å²) in [4.78, 5) is 39.8. The Kier molecular flexibility index (Phi) is 6.28. The first-order chi connectivity index (χ1) is 17.2. The lowest BCUT2D eigenvalue weighted by atomic mass is 9.73. The van der Waals surface area contributed by atoms with Gasteiger partial charge in [-0.05, 0) is 54.5 Å². The molecule has 2 aliphatic carbocycles. The van der Waals surface area contributed by atoms with Gasteiger partial charge in [-0.3, -0.25) is 19.7 Å². The molecule has 1 unspecified atom stereocenters. The van der Waals surface area contributed by atoms with Gasteiger partial charge in [-0.25, -0.2) is 0 Å². The van der Waals surface area contributed by atoms with E-state index in [1.807, 2.05) is 29.2 Å². The molecular formula is C28H32N4O4. The van der Waals surface area contributed by atoms with Crippen LogP contribution in [0.15, 0.2) is 59.8 Å². The Balaban J connectivity index is 1.63. The Labute approximate surface area is 210 Å². The number of nitrogens with one attached hydrogen (secondary N) is 2. The van der Waals surface area contributed by atoms with Gasteiger partial charge in [0.25, 0.3) is 5.69 Å². The van der Waals surface area contributed by atoms with Crippen molar-refractivity contribution in [3.05, 3.63) is 75.5 Å². The molecule has 0 radical (unpaired) electrons. The maximum absolute atomic E-state index is 13.7. The van der Waals surface area contributed by atoms with Crippen molar-refractivity contribution >= 4 is 28.8 Å². The van der Waals surface area contributed by atoms with Crippen LogP contribution in [0.3, 0.4) is 0 Å². The number of para-hydroxylation sites is 2. The number of anilines is 2. The summed E-state index contributed by atoms with van der Waals surface area (Å²) in [5, 5.41) is 18.0. The number of hydrogen-bond acceptors (Lipinski definition) is 6. The fraction of sp³-hybridized carbons (Fsp3) is 0.429. The smallest absolute Gasteiger partial charge is 0.269 e. The molecule has 2 N–H and O–H groups in total. The molecule has 8 nitrogen and oxygen atoms in total. The molecule has 0 saturated heterocycles. The lowest BCUT2D eigenvalue weighted by molar-refractivity contribution is -0.384. The van der Waals surface area contributed by atoms with E-state index in [0.29, 0.717) is 18.4 Å². The molecule has 1 atom stereocenters. The lowest BCUT2D eigenvalue weighted by Crippen LogP contribution is -2.44. The number of carbonyl (C=O) groups is 2. The van der Waals surface area contributed by atoms with Gasteiger partial charge in [-0.1, -0.05) is 38.8 Å². The number of ketones is 1. The van der Waals surface area contributed by atoms with Gasteiger partial charge in [0.05, 0.1) is 28.9 Å². The predicted octanol–water partition coefficient (Wildman–Crippen LogP) is 5.27. The van der Waals surface area contributed by atoms with E-state index in [-0.39, 0.29) is 35.4 Å². The van der Waals surface area contributed by atoms with Crippen molar-refractivity contribution in [3.8, 4) is 0 Å². The Morgan fingerprint density at radius 2 is 1.81 bits per heavy atom. The molecule has 8 heteroatoms. The summed E-state index contributed by atoms with van der Waals surface area (Å²) >= 11 is 0. The van der Waals surface area contributed by atoms with Crippen molar-refractivity contribution in [1.29, 1.82) is 0 Å². The first-order valence-electron chi connectivity index (χ1n) is 12.6. The molecule has 1 amide bonds. The molecule has 1 aliphatic heterocycles. The van der Waals surface area contributed by atoms with Crippen molar-refractivity contribution in [2.45, 2.75) is 64.5 Å². The third kappa shape index (κ3) is 4.72. The van der Waals surface area contributed by atoms with Crippen LogP contribution < -0.4 is 15.5 Å². The highest BCUT2D eigenvalue weighted by atomic mass is 16.6. The minimum Gasteiger partial charge on any atom is -0.357 e. The van der Waals surface area contributed by atoms with Crippen LogP contribution in [0.2, 0.25) is 0 Å². The standard InChI is InChI=1S/C28H32N4O4/c1-28(2)15-22-26(24(33)16-28)27(18-11-13-20(14-12-18)32(35)36)31(23-10-6-5-9-21(23)30-22)17-25(34)29-19-7-3-4-8-19/h5-6,9-14,19,27,30H,3-4,7-8,15-17H2,1-2H3,(H,29,34). The largest absolute Gasteiger partial charge is 0.357 e. The second kappa shape index (κ2) is 9.41. The van der Waals surface area contributed by atoms with Gasteiger partial charge >= 0.3 is 0 Å². The van der Waals surface area contributed by atoms with E-state index in [4.69, 9.17) is 0 Å². The number of rotatable bonds is 5. The van der Waals surface area contributed by atoms with Gasteiger partial charge in [0, 0.05) is 35.9 Å². The second-order valence-electron chi connectivity index (χ2n) is 10.9. The van der Waals surface area contributed by atoms with Gasteiger partial charge in [-0.2, -0.15) is 0 Å². The van der Waals surface area contributed by atoms with Crippen LogP contribution in [0.4, 0.5) is 17.1 Å². The van der Waals surface area contributed by atoms with Crippen LogP contribution in [0.25, 0.3) is 0 Å². The highest BCUT2D eigenvalue weighted by Gasteiger charge is 2.42. The molecule has 1 saturated carbocycles. The maximum Gasteiger partial charge on any atom is 0.269 e. The van der Waals surface area contributed by atoms with E-state index >= 15 is 0 Å². The fourth-order valence-electron chi connectivity index (χ4n) is 5.85. The van der Waals surface area contributed by atoms with E-state index < -0.39 is 11.0 Å². The number of nitro benzene ring substituents is 1. The average Bonchev–Trinajstić information content (AvgIpc) is 3.28. The third-order valence-electron chi connectivity index (χ3n) is 7.46. The average molecular weight is 489 g/mol. The number of amides is 1. The number of allylic oxidation sites excluding steroid dienone is 1. The molecule has 0 bridgehead atoms. The monoisotopic (exact) mass is 488 g/mol. The van der Waals surface area contributed by atoms with Gasteiger partial charge in [0.15, 0.2) is 5.78 Å². The first-order valence-corrected chi connectivity index (χ1v) is 12.6. The molecule has 188 valence electrons. The van der Waals surface area contributed by atoms with E-state index in [1.165, 1.54) is 12.1 Å². The van der Waals surface area contributed by atoms with Crippen LogP contribution in [0.1, 0.15) is 64.0 Å². The van der Waals surface area contributed by atoms with Crippen molar-refractivity contribution < 1.29 is 14.5 Å². The summed E-state index contributed by atoms with van der Waals surface area (Å²) in [5.41, 5.74) is 3.68. The molecule has 2 aromatic rings. The SMILES string of the molecule is CC1(C)CC(=O)C2=C(C1)Nc1ccccc1N(CC(=O)NC1CCCC1)C2c1ccc([N+](=O)[O-])cc1. The Hall–Kier alpha value is -3.68. The number of non-ortho nitro benzene ring substituents is 1. The quantitative estimate of drug-likeness (QED) is 0.439. The summed E-state index contributed by atoms with van der Waals surface area (Å²) in [6.07, 6.45) is 5.29. The predicted molar refractivity (Wildman–Crippen MR) is 139 cm³/mol. The topological polar surface area (TPSA) is 105 Å². The maximum atomic E-state index is 13.7. The Morgan fingerprint density at radius 3 is 2.50 bits per heavy atom.